The maximum Gasteiger partial charge on any atom is 0.119 e. The molecule has 1 aromatic rings. The summed E-state index contributed by atoms with van der Waals surface area (Å²) in [5, 5.41) is 0. The number of ether oxygens (including phenoxy) is 1. The Balaban J connectivity index is 1.59. The number of hydrogen-bond acceptors (Lipinski definition) is 2. The fraction of sp³-hybridized carbons (Fsp3) is 0.700. The molecule has 1 atom stereocenters. The Labute approximate surface area is 135 Å². The zero-order valence-electron chi connectivity index (χ0n) is 14.1. The van der Waals surface area contributed by atoms with Gasteiger partial charge in [0.1, 0.15) is 5.72 Å². The molecule has 2 nitrogen and oxygen atoms in total. The van der Waals surface area contributed by atoms with E-state index >= 15 is 0 Å². The zero-order valence-corrected chi connectivity index (χ0v) is 14.1. The molecule has 2 fully saturated rings. The summed E-state index contributed by atoms with van der Waals surface area (Å²) in [6.07, 6.45) is 10.9. The fourth-order valence-electron chi connectivity index (χ4n) is 4.09. The molecule has 1 aliphatic carbocycles. The van der Waals surface area contributed by atoms with Crippen LogP contribution in [0, 0.1) is 5.92 Å². The highest BCUT2D eigenvalue weighted by Gasteiger charge is 2.36. The van der Waals surface area contributed by atoms with Gasteiger partial charge in [-0.25, -0.2) is 0 Å². The smallest absolute Gasteiger partial charge is 0.119 e. The van der Waals surface area contributed by atoms with Gasteiger partial charge in [-0.3, -0.25) is 4.90 Å². The zero-order chi connectivity index (χ0) is 15.3. The van der Waals surface area contributed by atoms with Crippen LogP contribution in [0.3, 0.4) is 0 Å². The van der Waals surface area contributed by atoms with Crippen molar-refractivity contribution in [1.82, 2.24) is 4.90 Å². The minimum absolute atomic E-state index is 0.0639. The van der Waals surface area contributed by atoms with Gasteiger partial charge in [0.25, 0.3) is 0 Å². The van der Waals surface area contributed by atoms with Crippen molar-refractivity contribution in [2.45, 2.75) is 70.6 Å². The number of nitrogens with zero attached hydrogens (tertiary/aromatic N) is 1. The van der Waals surface area contributed by atoms with Crippen molar-refractivity contribution < 1.29 is 4.74 Å². The third-order valence-corrected chi connectivity index (χ3v) is 5.58. The van der Waals surface area contributed by atoms with Crippen molar-refractivity contribution in [3.8, 4) is 0 Å². The number of piperidine rings is 1. The van der Waals surface area contributed by atoms with Gasteiger partial charge in [0.15, 0.2) is 0 Å². The van der Waals surface area contributed by atoms with Gasteiger partial charge in [-0.05, 0) is 50.5 Å². The first-order chi connectivity index (χ1) is 10.8. The Morgan fingerprint density at radius 1 is 1.05 bits per heavy atom. The van der Waals surface area contributed by atoms with Crippen LogP contribution in [0.4, 0.5) is 0 Å². The molecule has 0 N–H and O–H groups in total. The van der Waals surface area contributed by atoms with E-state index in [0.29, 0.717) is 0 Å². The second-order valence-electron chi connectivity index (χ2n) is 7.36. The summed E-state index contributed by atoms with van der Waals surface area (Å²) in [5.74, 6) is 0.895. The molecule has 0 radical (unpaired) electrons. The molecule has 0 amide bonds. The van der Waals surface area contributed by atoms with Crippen LogP contribution >= 0.6 is 0 Å². The van der Waals surface area contributed by atoms with E-state index in [9.17, 15) is 0 Å². The topological polar surface area (TPSA) is 12.5 Å². The van der Waals surface area contributed by atoms with E-state index in [1.807, 2.05) is 0 Å². The van der Waals surface area contributed by atoms with Gasteiger partial charge in [-0.15, -0.1) is 0 Å². The number of likely N-dealkylation sites (tertiary alicyclic amines) is 1. The average Bonchev–Trinajstić information content (AvgIpc) is 2.57. The summed E-state index contributed by atoms with van der Waals surface area (Å²) in [7, 11) is 0. The molecule has 3 rings (SSSR count). The quantitative estimate of drug-likeness (QED) is 0.760. The molecule has 1 saturated heterocycles. The molecule has 0 aromatic heterocycles. The van der Waals surface area contributed by atoms with Gasteiger partial charge in [-0.2, -0.15) is 0 Å². The Bertz CT molecular complexity index is 440. The third-order valence-electron chi connectivity index (χ3n) is 5.58. The Hall–Kier alpha value is -0.860. The van der Waals surface area contributed by atoms with Crippen molar-refractivity contribution >= 4 is 0 Å². The van der Waals surface area contributed by atoms with Crippen LogP contribution < -0.4 is 0 Å². The minimum atomic E-state index is -0.0639. The molecule has 2 heteroatoms. The average molecular weight is 301 g/mol. The standard InChI is InChI=1S/C20H31NO/c1-20(22-17-19-12-6-3-7-13-19)14-8-9-15-21(20)16-18-10-4-2-5-11-18/h3,6-7,12-13,18H,2,4-5,8-11,14-17H2,1H3. The van der Waals surface area contributed by atoms with Crippen molar-refractivity contribution in [2.24, 2.45) is 5.92 Å². The summed E-state index contributed by atoms with van der Waals surface area (Å²) in [4.78, 5) is 2.65. The lowest BCUT2D eigenvalue weighted by molar-refractivity contribution is -0.175. The first-order valence-electron chi connectivity index (χ1n) is 9.19. The second-order valence-corrected chi connectivity index (χ2v) is 7.36. The normalized spacial score (nSPS) is 27.9. The molecular formula is C20H31NO. The summed E-state index contributed by atoms with van der Waals surface area (Å²) in [6, 6.07) is 10.6. The first kappa shape index (κ1) is 16.0. The molecule has 1 unspecified atom stereocenters. The van der Waals surface area contributed by atoms with Crippen LogP contribution in [0.25, 0.3) is 0 Å². The van der Waals surface area contributed by atoms with Crippen LogP contribution in [0.15, 0.2) is 30.3 Å². The monoisotopic (exact) mass is 301 g/mol. The van der Waals surface area contributed by atoms with E-state index in [1.165, 1.54) is 70.0 Å². The van der Waals surface area contributed by atoms with E-state index in [2.05, 4.69) is 42.2 Å². The molecule has 2 aliphatic rings. The molecule has 22 heavy (non-hydrogen) atoms. The summed E-state index contributed by atoms with van der Waals surface area (Å²) in [5.41, 5.74) is 1.22. The van der Waals surface area contributed by atoms with Crippen LogP contribution in [0.2, 0.25) is 0 Å². The highest BCUT2D eigenvalue weighted by Crippen LogP contribution is 2.33. The van der Waals surface area contributed by atoms with Crippen molar-refractivity contribution in [1.29, 1.82) is 0 Å². The number of benzene rings is 1. The van der Waals surface area contributed by atoms with E-state index in [1.54, 1.807) is 0 Å². The first-order valence-corrected chi connectivity index (χ1v) is 9.19. The highest BCUT2D eigenvalue weighted by atomic mass is 16.5. The van der Waals surface area contributed by atoms with Crippen LogP contribution in [0.5, 0.6) is 0 Å². The minimum Gasteiger partial charge on any atom is -0.356 e. The fourth-order valence-corrected chi connectivity index (χ4v) is 4.09. The molecule has 1 aromatic carbocycles. The third kappa shape index (κ3) is 4.11. The number of rotatable bonds is 5. The summed E-state index contributed by atoms with van der Waals surface area (Å²) >= 11 is 0. The lowest BCUT2D eigenvalue weighted by Crippen LogP contribution is -2.53. The van der Waals surface area contributed by atoms with E-state index in [0.717, 1.165) is 12.5 Å². The number of hydrogen-bond donors (Lipinski definition) is 0. The predicted octanol–water partition coefficient (Wildman–Crippen LogP) is 4.99. The van der Waals surface area contributed by atoms with Crippen molar-refractivity contribution in [2.75, 3.05) is 13.1 Å². The van der Waals surface area contributed by atoms with Gasteiger partial charge in [-0.1, -0.05) is 49.6 Å². The molecule has 0 bridgehead atoms. The van der Waals surface area contributed by atoms with Gasteiger partial charge < -0.3 is 4.74 Å². The van der Waals surface area contributed by atoms with E-state index in [-0.39, 0.29) is 5.72 Å². The van der Waals surface area contributed by atoms with Crippen molar-refractivity contribution in [3.63, 3.8) is 0 Å². The predicted molar refractivity (Wildman–Crippen MR) is 91.6 cm³/mol. The van der Waals surface area contributed by atoms with Gasteiger partial charge in [0.05, 0.1) is 6.61 Å². The Morgan fingerprint density at radius 2 is 1.82 bits per heavy atom. The van der Waals surface area contributed by atoms with Crippen LogP contribution in [0.1, 0.15) is 63.9 Å². The lowest BCUT2D eigenvalue weighted by Gasteiger charge is -2.46. The molecule has 1 aliphatic heterocycles. The Morgan fingerprint density at radius 3 is 2.59 bits per heavy atom. The SMILES string of the molecule is CC1(OCc2ccccc2)CCCCN1CC1CCCCC1. The molecule has 122 valence electrons. The van der Waals surface area contributed by atoms with Gasteiger partial charge >= 0.3 is 0 Å². The van der Waals surface area contributed by atoms with Crippen LogP contribution in [-0.2, 0) is 11.3 Å². The largest absolute Gasteiger partial charge is 0.356 e. The molecule has 1 saturated carbocycles. The molecule has 1 heterocycles. The molecular weight excluding hydrogens is 270 g/mol. The molecule has 0 spiro atoms. The highest BCUT2D eigenvalue weighted by molar-refractivity contribution is 5.13. The van der Waals surface area contributed by atoms with Crippen molar-refractivity contribution in [3.05, 3.63) is 35.9 Å². The lowest BCUT2D eigenvalue weighted by atomic mass is 9.87. The summed E-state index contributed by atoms with van der Waals surface area (Å²) in [6.45, 7) is 5.50. The maximum atomic E-state index is 6.44. The van der Waals surface area contributed by atoms with E-state index in [4.69, 9.17) is 4.74 Å². The Kier molecular flexibility index (Phi) is 5.54. The van der Waals surface area contributed by atoms with Gasteiger partial charge in [0, 0.05) is 13.1 Å². The second kappa shape index (κ2) is 7.61. The van der Waals surface area contributed by atoms with Crippen LogP contribution in [-0.4, -0.2) is 23.7 Å². The van der Waals surface area contributed by atoms with Gasteiger partial charge in [0.2, 0.25) is 0 Å². The van der Waals surface area contributed by atoms with E-state index < -0.39 is 0 Å². The summed E-state index contributed by atoms with van der Waals surface area (Å²) < 4.78 is 6.44. The maximum absolute atomic E-state index is 6.44.